The van der Waals surface area contributed by atoms with E-state index in [9.17, 15) is 15.6 Å². The van der Waals surface area contributed by atoms with Crippen LogP contribution in [-0.4, -0.2) is 21.8 Å². The Hall–Kier alpha value is -2.79. The van der Waals surface area contributed by atoms with Crippen LogP contribution in [0.25, 0.3) is 16.9 Å². The van der Waals surface area contributed by atoms with E-state index in [2.05, 4.69) is 10.3 Å². The van der Waals surface area contributed by atoms with Gasteiger partial charge in [0.05, 0.1) is 23.4 Å². The number of nitrogens with one attached hydrogen (secondary N) is 3. The van der Waals surface area contributed by atoms with E-state index >= 15 is 0 Å². The van der Waals surface area contributed by atoms with Gasteiger partial charge in [0.1, 0.15) is 5.69 Å². The van der Waals surface area contributed by atoms with Crippen molar-refractivity contribution in [2.45, 2.75) is 0 Å². The maximum absolute atomic E-state index is 11.1. The van der Waals surface area contributed by atoms with Gasteiger partial charge in [0, 0.05) is 43.1 Å². The van der Waals surface area contributed by atoms with Crippen LogP contribution in [0.1, 0.15) is 0 Å². The topological polar surface area (TPSA) is 128 Å². The first-order chi connectivity index (χ1) is 12.0. The summed E-state index contributed by atoms with van der Waals surface area (Å²) in [5.41, 5.74) is 3.00. The third-order valence-electron chi connectivity index (χ3n) is 3.79. The molecule has 9 nitrogen and oxygen atoms in total. The first-order valence-corrected chi connectivity index (χ1v) is 7.41. The fourth-order valence-electron chi connectivity index (χ4n) is 2.47. The SMILES string of the molecule is CNc1ccc([NH+]([O-])[O-])cc1-n1cnc(-c2ccc([NH+]([O-])O)cc2)c1. The van der Waals surface area contributed by atoms with E-state index in [1.807, 2.05) is 0 Å². The maximum Gasteiger partial charge on any atom is 0.163 e. The van der Waals surface area contributed by atoms with E-state index < -0.39 is 10.5 Å². The molecule has 0 radical (unpaired) electrons. The highest BCUT2D eigenvalue weighted by atomic mass is 16.8. The summed E-state index contributed by atoms with van der Waals surface area (Å²) in [4.78, 5) is 4.31. The predicted octanol–water partition coefficient (Wildman–Crippen LogP) is 0.496. The Morgan fingerprint density at radius 2 is 1.72 bits per heavy atom. The van der Waals surface area contributed by atoms with Crippen molar-refractivity contribution in [3.63, 3.8) is 0 Å². The smallest absolute Gasteiger partial charge is 0.163 e. The average Bonchev–Trinajstić information content (AvgIpc) is 3.11. The fourth-order valence-corrected chi connectivity index (χ4v) is 2.47. The van der Waals surface area contributed by atoms with Crippen molar-refractivity contribution in [3.05, 3.63) is 70.6 Å². The zero-order valence-corrected chi connectivity index (χ0v) is 13.3. The van der Waals surface area contributed by atoms with E-state index in [1.165, 1.54) is 24.3 Å². The van der Waals surface area contributed by atoms with Crippen LogP contribution in [0.5, 0.6) is 0 Å². The van der Waals surface area contributed by atoms with Gasteiger partial charge in [-0.25, -0.2) is 10.2 Å². The lowest BCUT2D eigenvalue weighted by atomic mass is 10.1. The van der Waals surface area contributed by atoms with E-state index in [4.69, 9.17) is 5.21 Å². The van der Waals surface area contributed by atoms with Crippen molar-refractivity contribution in [2.75, 3.05) is 12.4 Å². The minimum absolute atomic E-state index is 0.0649. The van der Waals surface area contributed by atoms with Gasteiger partial charge >= 0.3 is 0 Å². The summed E-state index contributed by atoms with van der Waals surface area (Å²) in [6.45, 7) is 0. The van der Waals surface area contributed by atoms with Crippen molar-refractivity contribution in [3.8, 4) is 16.9 Å². The van der Waals surface area contributed by atoms with Gasteiger partial charge in [-0.15, -0.1) is 0 Å². The minimum atomic E-state index is -1.26. The number of hydrogen-bond donors (Lipinski definition) is 4. The molecular weight excluding hydrogens is 326 g/mol. The van der Waals surface area contributed by atoms with Crippen LogP contribution < -0.4 is 15.8 Å². The molecule has 0 aliphatic rings. The summed E-state index contributed by atoms with van der Waals surface area (Å²) in [5.74, 6) is 0. The Morgan fingerprint density at radius 3 is 2.32 bits per heavy atom. The highest BCUT2D eigenvalue weighted by Crippen LogP contribution is 2.25. The van der Waals surface area contributed by atoms with Gasteiger partial charge in [-0.05, 0) is 18.2 Å². The molecule has 0 aliphatic carbocycles. The van der Waals surface area contributed by atoms with Crippen LogP contribution in [-0.2, 0) is 0 Å². The molecule has 0 saturated carbocycles. The summed E-state index contributed by atoms with van der Waals surface area (Å²) >= 11 is 0. The summed E-state index contributed by atoms with van der Waals surface area (Å²) in [6.07, 6.45) is 3.31. The van der Waals surface area contributed by atoms with E-state index in [1.54, 1.807) is 42.3 Å². The number of hydrogen-bond acceptors (Lipinski definition) is 6. The molecule has 1 atom stereocenters. The van der Waals surface area contributed by atoms with Gasteiger partial charge in [-0.2, -0.15) is 5.23 Å². The summed E-state index contributed by atoms with van der Waals surface area (Å²) < 4.78 is 1.69. The van der Waals surface area contributed by atoms with E-state index in [0.717, 1.165) is 11.3 Å². The molecule has 1 unspecified atom stereocenters. The Morgan fingerprint density at radius 1 is 1.04 bits per heavy atom. The highest BCUT2D eigenvalue weighted by Gasteiger charge is 2.10. The molecule has 3 rings (SSSR count). The Kier molecular flexibility index (Phi) is 4.76. The molecule has 2 aromatic carbocycles. The fraction of sp³-hybridized carbons (Fsp3) is 0.0625. The zero-order valence-electron chi connectivity index (χ0n) is 13.3. The number of anilines is 1. The number of rotatable bonds is 5. The van der Waals surface area contributed by atoms with Crippen molar-refractivity contribution in [1.29, 1.82) is 0 Å². The number of imidazole rings is 1. The molecule has 3 aromatic rings. The molecule has 4 N–H and O–H groups in total. The maximum atomic E-state index is 11.1. The van der Waals surface area contributed by atoms with Crippen LogP contribution in [0.3, 0.4) is 0 Å². The van der Waals surface area contributed by atoms with Crippen LogP contribution in [0.4, 0.5) is 17.1 Å². The molecule has 0 spiro atoms. The summed E-state index contributed by atoms with van der Waals surface area (Å²) in [7, 11) is 1.74. The number of aromatic nitrogens is 2. The average molecular weight is 342 g/mol. The second-order valence-electron chi connectivity index (χ2n) is 5.32. The Bertz CT molecular complexity index is 861. The van der Waals surface area contributed by atoms with Crippen molar-refractivity contribution in [2.24, 2.45) is 0 Å². The van der Waals surface area contributed by atoms with Crippen LogP contribution in [0.15, 0.2) is 55.0 Å². The molecule has 25 heavy (non-hydrogen) atoms. The van der Waals surface area contributed by atoms with Crippen molar-refractivity contribution >= 4 is 17.1 Å². The predicted molar refractivity (Wildman–Crippen MR) is 91.7 cm³/mol. The second kappa shape index (κ2) is 6.99. The standard InChI is InChI=1S/C16H16N5O4/c1-17-14-7-6-13(21(24)25)8-16(14)19-9-15(18-10-19)11-2-4-12(5-3-11)20(22)23/h2-10,17,20-22H,1H3/q-1. The monoisotopic (exact) mass is 342 g/mol. The molecule has 9 heteroatoms. The van der Waals surface area contributed by atoms with Gasteiger partial charge < -0.3 is 30.7 Å². The Balaban J connectivity index is 1.97. The van der Waals surface area contributed by atoms with Crippen LogP contribution >= 0.6 is 0 Å². The number of benzene rings is 2. The third kappa shape index (κ3) is 3.51. The van der Waals surface area contributed by atoms with Crippen LogP contribution in [0, 0.1) is 15.6 Å². The molecule has 1 aromatic heterocycles. The largest absolute Gasteiger partial charge is 0.628 e. The lowest BCUT2D eigenvalue weighted by molar-refractivity contribution is -0.991. The van der Waals surface area contributed by atoms with Crippen LogP contribution in [0.2, 0.25) is 0 Å². The number of nitrogens with zero attached hydrogens (tertiary/aromatic N) is 2. The lowest BCUT2D eigenvalue weighted by Gasteiger charge is -2.25. The third-order valence-corrected chi connectivity index (χ3v) is 3.79. The highest BCUT2D eigenvalue weighted by molar-refractivity contribution is 5.67. The molecular formula is C16H16N5O4-. The molecule has 0 fully saturated rings. The Labute approximate surface area is 143 Å². The molecule has 0 aliphatic heterocycles. The molecule has 1 heterocycles. The van der Waals surface area contributed by atoms with Gasteiger partial charge in [0.2, 0.25) is 0 Å². The van der Waals surface area contributed by atoms with Crippen molar-refractivity contribution in [1.82, 2.24) is 9.55 Å². The summed E-state index contributed by atoms with van der Waals surface area (Å²) in [6, 6.07) is 11.0. The lowest BCUT2D eigenvalue weighted by Crippen LogP contribution is -2.99. The minimum Gasteiger partial charge on any atom is -0.628 e. The quantitative estimate of drug-likeness (QED) is 0.500. The van der Waals surface area contributed by atoms with Gasteiger partial charge in [0.25, 0.3) is 0 Å². The molecule has 130 valence electrons. The van der Waals surface area contributed by atoms with Gasteiger partial charge in [-0.3, -0.25) is 0 Å². The summed E-state index contributed by atoms with van der Waals surface area (Å²) in [5, 5.41) is 42.8. The second-order valence-corrected chi connectivity index (χ2v) is 5.32. The van der Waals surface area contributed by atoms with E-state index in [-0.39, 0.29) is 11.4 Å². The first-order valence-electron chi connectivity index (χ1n) is 7.41. The zero-order chi connectivity index (χ0) is 18.0. The number of quaternary nitrogens is 2. The molecule has 0 amide bonds. The van der Waals surface area contributed by atoms with Gasteiger partial charge in [0.15, 0.2) is 5.69 Å². The van der Waals surface area contributed by atoms with Gasteiger partial charge in [-0.1, -0.05) is 0 Å². The first kappa shape index (κ1) is 17.0. The van der Waals surface area contributed by atoms with Crippen molar-refractivity contribution < 1.29 is 15.7 Å². The molecule has 0 saturated heterocycles. The normalized spacial score (nSPS) is 12.4. The van der Waals surface area contributed by atoms with E-state index in [0.29, 0.717) is 11.4 Å². The molecule has 0 bridgehead atoms.